The first-order chi connectivity index (χ1) is 19.6. The molecular weight excluding hydrogens is 546 g/mol. The molecule has 216 valence electrons. The van der Waals surface area contributed by atoms with Crippen LogP contribution in [-0.4, -0.2) is 48.4 Å². The number of hydrogen-bond acceptors (Lipinski definition) is 7. The van der Waals surface area contributed by atoms with Gasteiger partial charge >= 0.3 is 12.2 Å². The number of piperidine rings is 1. The van der Waals surface area contributed by atoms with E-state index in [9.17, 15) is 14.4 Å². The number of pyridine rings is 1. The maximum Gasteiger partial charge on any atom is 0.412 e. The molecule has 0 aliphatic carbocycles. The summed E-state index contributed by atoms with van der Waals surface area (Å²) < 4.78 is 10.9. The monoisotopic (exact) mass is 579 g/mol. The van der Waals surface area contributed by atoms with Gasteiger partial charge in [0.1, 0.15) is 5.60 Å². The molecule has 1 fully saturated rings. The summed E-state index contributed by atoms with van der Waals surface area (Å²) in [6.07, 6.45) is 4.05. The van der Waals surface area contributed by atoms with Gasteiger partial charge < -0.3 is 19.7 Å². The number of anilines is 4. The van der Waals surface area contributed by atoms with Crippen LogP contribution in [0.4, 0.5) is 32.3 Å². The van der Waals surface area contributed by atoms with Gasteiger partial charge in [-0.3, -0.25) is 20.4 Å². The van der Waals surface area contributed by atoms with Gasteiger partial charge in [-0.1, -0.05) is 11.6 Å². The first-order valence-electron chi connectivity index (χ1n) is 13.4. The Morgan fingerprint density at radius 1 is 0.902 bits per heavy atom. The van der Waals surface area contributed by atoms with Crippen molar-refractivity contribution in [2.45, 2.75) is 39.2 Å². The lowest BCUT2D eigenvalue weighted by Crippen LogP contribution is -2.35. The molecule has 3 amide bonds. The zero-order valence-electron chi connectivity index (χ0n) is 23.3. The lowest BCUT2D eigenvalue weighted by atomic mass is 9.97. The van der Waals surface area contributed by atoms with E-state index in [2.05, 4.69) is 25.8 Å². The number of hydrogen-bond donors (Lipinski definition) is 3. The minimum Gasteiger partial charge on any atom is -0.449 e. The average Bonchev–Trinajstić information content (AvgIpc) is 2.93. The number of aromatic nitrogens is 1. The highest BCUT2D eigenvalue weighted by Crippen LogP contribution is 2.28. The predicted molar refractivity (Wildman–Crippen MR) is 160 cm³/mol. The number of nitrogens with one attached hydrogen (secondary N) is 3. The Balaban J connectivity index is 1.39. The van der Waals surface area contributed by atoms with E-state index < -0.39 is 23.7 Å². The number of carbonyl (C=O) groups excluding carboxylic acids is 3. The maximum absolute atomic E-state index is 12.9. The van der Waals surface area contributed by atoms with Crippen molar-refractivity contribution in [3.05, 3.63) is 77.6 Å². The Hall–Kier alpha value is -4.31. The van der Waals surface area contributed by atoms with E-state index >= 15 is 0 Å². The lowest BCUT2D eigenvalue weighted by molar-refractivity contribution is 0.0635. The molecule has 2 aromatic carbocycles. The number of benzene rings is 2. The summed E-state index contributed by atoms with van der Waals surface area (Å²) >= 11 is 5.95. The van der Waals surface area contributed by atoms with Crippen LogP contribution in [0.25, 0.3) is 0 Å². The lowest BCUT2D eigenvalue weighted by Gasteiger charge is -2.33. The van der Waals surface area contributed by atoms with E-state index in [1.54, 1.807) is 69.6 Å². The van der Waals surface area contributed by atoms with E-state index in [4.69, 9.17) is 21.1 Å². The standard InChI is InChI=1S/C30H34ClN5O5/c1-30(2,3)41-29(39)33-23-8-9-25(26(18-23)34-27(37)21-4-6-22(31)7-5-21)35-28(38)40-19-20-12-16-36(17-13-20)24-10-14-32-15-11-24/h4-11,14-15,18,20H,12-13,16-17,19H2,1-3H3,(H,33,39)(H,34,37)(H,35,38). The summed E-state index contributed by atoms with van der Waals surface area (Å²) in [5.74, 6) is -0.184. The van der Waals surface area contributed by atoms with Crippen molar-refractivity contribution in [1.82, 2.24) is 4.98 Å². The topological polar surface area (TPSA) is 122 Å². The summed E-state index contributed by atoms with van der Waals surface area (Å²) in [6, 6.07) is 15.0. The molecule has 41 heavy (non-hydrogen) atoms. The molecule has 11 heteroatoms. The zero-order valence-corrected chi connectivity index (χ0v) is 24.0. The fourth-order valence-corrected chi connectivity index (χ4v) is 4.43. The molecule has 0 radical (unpaired) electrons. The van der Waals surface area contributed by atoms with Crippen molar-refractivity contribution in [1.29, 1.82) is 0 Å². The van der Waals surface area contributed by atoms with Crippen molar-refractivity contribution < 1.29 is 23.9 Å². The number of amides is 3. The van der Waals surface area contributed by atoms with Gasteiger partial charge in [-0.2, -0.15) is 0 Å². The first-order valence-corrected chi connectivity index (χ1v) is 13.7. The van der Waals surface area contributed by atoms with Crippen LogP contribution in [0, 0.1) is 5.92 Å². The van der Waals surface area contributed by atoms with Gasteiger partial charge in [0.15, 0.2) is 0 Å². The summed E-state index contributed by atoms with van der Waals surface area (Å²) in [5.41, 5.74) is 1.75. The van der Waals surface area contributed by atoms with Crippen molar-refractivity contribution in [3.63, 3.8) is 0 Å². The van der Waals surface area contributed by atoms with Crippen LogP contribution in [0.15, 0.2) is 67.0 Å². The zero-order chi connectivity index (χ0) is 29.4. The molecule has 1 aromatic heterocycles. The SMILES string of the molecule is CC(C)(C)OC(=O)Nc1ccc(NC(=O)OCC2CCN(c3ccncc3)CC2)c(NC(=O)c2ccc(Cl)cc2)c1. The van der Waals surface area contributed by atoms with Crippen LogP contribution in [0.1, 0.15) is 44.0 Å². The summed E-state index contributed by atoms with van der Waals surface area (Å²) in [7, 11) is 0. The molecule has 3 N–H and O–H groups in total. The van der Waals surface area contributed by atoms with Gasteiger partial charge in [0.2, 0.25) is 0 Å². The highest BCUT2D eigenvalue weighted by Gasteiger charge is 2.22. The average molecular weight is 580 g/mol. The largest absolute Gasteiger partial charge is 0.449 e. The smallest absolute Gasteiger partial charge is 0.412 e. The van der Waals surface area contributed by atoms with E-state index in [1.165, 1.54) is 6.07 Å². The Bertz CT molecular complexity index is 1350. The van der Waals surface area contributed by atoms with E-state index in [0.717, 1.165) is 31.6 Å². The molecule has 0 spiro atoms. The minimum absolute atomic E-state index is 0.239. The van der Waals surface area contributed by atoms with Crippen LogP contribution in [0.3, 0.4) is 0 Å². The Labute approximate surface area is 244 Å². The molecule has 0 atom stereocenters. The van der Waals surface area contributed by atoms with Gasteiger partial charge in [-0.15, -0.1) is 0 Å². The fourth-order valence-electron chi connectivity index (χ4n) is 4.30. The summed E-state index contributed by atoms with van der Waals surface area (Å²) in [4.78, 5) is 44.3. The van der Waals surface area contributed by atoms with E-state index in [-0.39, 0.29) is 18.2 Å². The molecule has 1 aliphatic rings. The van der Waals surface area contributed by atoms with Crippen LogP contribution >= 0.6 is 11.6 Å². The third-order valence-electron chi connectivity index (χ3n) is 6.35. The number of nitrogens with zero attached hydrogens (tertiary/aromatic N) is 2. The highest BCUT2D eigenvalue weighted by molar-refractivity contribution is 6.30. The second-order valence-corrected chi connectivity index (χ2v) is 11.1. The van der Waals surface area contributed by atoms with Crippen molar-refractivity contribution >= 4 is 52.4 Å². The molecule has 0 saturated carbocycles. The van der Waals surface area contributed by atoms with Crippen LogP contribution < -0.4 is 20.9 Å². The minimum atomic E-state index is -0.684. The quantitative estimate of drug-likeness (QED) is 0.281. The summed E-state index contributed by atoms with van der Waals surface area (Å²) in [6.45, 7) is 7.29. The third kappa shape index (κ3) is 9.11. The van der Waals surface area contributed by atoms with Gasteiger partial charge in [-0.25, -0.2) is 9.59 Å². The van der Waals surface area contributed by atoms with Crippen LogP contribution in [0.2, 0.25) is 5.02 Å². The highest BCUT2D eigenvalue weighted by atomic mass is 35.5. The molecule has 3 aromatic rings. The molecule has 4 rings (SSSR count). The van der Waals surface area contributed by atoms with Crippen molar-refractivity contribution in [2.75, 3.05) is 40.5 Å². The van der Waals surface area contributed by atoms with Gasteiger partial charge in [0, 0.05) is 47.4 Å². The fraction of sp³-hybridized carbons (Fsp3) is 0.333. The Kier molecular flexibility index (Phi) is 9.67. The van der Waals surface area contributed by atoms with Gasteiger partial charge in [-0.05, 0) is 94.1 Å². The Morgan fingerprint density at radius 3 is 2.24 bits per heavy atom. The van der Waals surface area contributed by atoms with Crippen LogP contribution in [-0.2, 0) is 9.47 Å². The molecule has 10 nitrogen and oxygen atoms in total. The van der Waals surface area contributed by atoms with E-state index in [1.807, 2.05) is 12.1 Å². The normalized spacial score (nSPS) is 13.7. The van der Waals surface area contributed by atoms with Crippen LogP contribution in [0.5, 0.6) is 0 Å². The number of ether oxygens (including phenoxy) is 2. The summed E-state index contributed by atoms with van der Waals surface area (Å²) in [5, 5.41) is 8.64. The number of carbonyl (C=O) groups is 3. The Morgan fingerprint density at radius 2 is 1.59 bits per heavy atom. The third-order valence-corrected chi connectivity index (χ3v) is 6.60. The predicted octanol–water partition coefficient (Wildman–Crippen LogP) is 6.80. The molecule has 0 unspecified atom stereocenters. The van der Waals surface area contributed by atoms with E-state index in [0.29, 0.717) is 22.0 Å². The molecule has 1 aliphatic heterocycles. The molecule has 0 bridgehead atoms. The first kappa shape index (κ1) is 29.7. The number of rotatable bonds is 7. The second-order valence-electron chi connectivity index (χ2n) is 10.7. The van der Waals surface area contributed by atoms with Crippen molar-refractivity contribution in [2.24, 2.45) is 5.92 Å². The van der Waals surface area contributed by atoms with Gasteiger partial charge in [0.05, 0.1) is 18.0 Å². The van der Waals surface area contributed by atoms with Gasteiger partial charge in [0.25, 0.3) is 5.91 Å². The number of halogens is 1. The molecule has 1 saturated heterocycles. The molecular formula is C30H34ClN5O5. The molecule has 2 heterocycles. The second kappa shape index (κ2) is 13.4. The van der Waals surface area contributed by atoms with Crippen molar-refractivity contribution in [3.8, 4) is 0 Å². The maximum atomic E-state index is 12.9.